The number of aliphatic carboxylic acids is 1. The minimum absolute atomic E-state index is 0.590. The molecule has 5 rings (SSSR count). The van der Waals surface area contributed by atoms with Gasteiger partial charge in [-0.1, -0.05) is 49.7 Å². The number of hydrogen-bond acceptors (Lipinski definition) is 6. The van der Waals surface area contributed by atoms with Gasteiger partial charge in [0.2, 0.25) is 0 Å². The van der Waals surface area contributed by atoms with Crippen molar-refractivity contribution < 1.29 is 9.90 Å². The largest absolute Gasteiger partial charge is 0.480 e. The third-order valence-electron chi connectivity index (χ3n) is 6.48. The Morgan fingerprint density at radius 2 is 1.91 bits per heavy atom. The summed E-state index contributed by atoms with van der Waals surface area (Å²) in [5.41, 5.74) is 4.21. The molecule has 2 aromatic carbocycles. The molecule has 3 N–H and O–H groups in total. The van der Waals surface area contributed by atoms with Crippen molar-refractivity contribution in [1.29, 1.82) is 0 Å². The molecule has 0 saturated heterocycles. The molecule has 1 aliphatic rings. The fourth-order valence-electron chi connectivity index (χ4n) is 4.68. The lowest BCUT2D eigenvalue weighted by molar-refractivity contribution is -0.145. The zero-order valence-corrected chi connectivity index (χ0v) is 19.2. The Balaban J connectivity index is 1.61. The van der Waals surface area contributed by atoms with Gasteiger partial charge in [-0.3, -0.25) is 9.88 Å². The molecule has 0 saturated carbocycles. The molecule has 2 aromatic heterocycles. The fraction of sp³-hybridized carbons (Fsp3) is 0.320. The summed E-state index contributed by atoms with van der Waals surface area (Å²) in [6.07, 6.45) is 3.53. The number of carboxylic acid groups (broad SMARTS) is 1. The van der Waals surface area contributed by atoms with Crippen molar-refractivity contribution in [2.24, 2.45) is 0 Å². The van der Waals surface area contributed by atoms with Crippen molar-refractivity contribution >= 4 is 5.97 Å². The highest BCUT2D eigenvalue weighted by atomic mass is 16.4. The van der Waals surface area contributed by atoms with Crippen molar-refractivity contribution in [2.75, 3.05) is 6.54 Å². The molecule has 3 heterocycles. The minimum Gasteiger partial charge on any atom is -0.480 e. The zero-order chi connectivity index (χ0) is 23.7. The van der Waals surface area contributed by atoms with Crippen LogP contribution >= 0.6 is 0 Å². The van der Waals surface area contributed by atoms with Crippen LogP contribution in [0.1, 0.15) is 43.9 Å². The van der Waals surface area contributed by atoms with E-state index < -0.39 is 11.5 Å². The summed E-state index contributed by atoms with van der Waals surface area (Å²) in [4.78, 5) is 17.2. The third kappa shape index (κ3) is 3.67. The van der Waals surface area contributed by atoms with E-state index in [1.54, 1.807) is 6.92 Å². The van der Waals surface area contributed by atoms with Gasteiger partial charge in [0, 0.05) is 30.6 Å². The Kier molecular flexibility index (Phi) is 5.70. The number of fused-ring (bicyclic) bond motifs is 1. The van der Waals surface area contributed by atoms with Crippen LogP contribution in [0.3, 0.4) is 0 Å². The first kappa shape index (κ1) is 22.0. The second-order valence-corrected chi connectivity index (χ2v) is 8.71. The van der Waals surface area contributed by atoms with Gasteiger partial charge in [0.25, 0.3) is 0 Å². The Hall–Kier alpha value is -3.85. The first-order valence-corrected chi connectivity index (χ1v) is 11.6. The summed E-state index contributed by atoms with van der Waals surface area (Å²) in [5, 5.41) is 27.6. The first-order valence-electron chi connectivity index (χ1n) is 11.6. The van der Waals surface area contributed by atoms with Gasteiger partial charge in [-0.2, -0.15) is 0 Å². The number of nitrogens with zero attached hydrogens (tertiary/aromatic N) is 5. The molecule has 0 radical (unpaired) electrons. The minimum atomic E-state index is -1.20. The van der Waals surface area contributed by atoms with Crippen LogP contribution in [0.15, 0.2) is 48.5 Å². The number of hydrogen-bond donors (Lipinski definition) is 3. The summed E-state index contributed by atoms with van der Waals surface area (Å²) in [5.74, 6) is 0.611. The maximum atomic E-state index is 12.3. The van der Waals surface area contributed by atoms with Gasteiger partial charge >= 0.3 is 5.97 Å². The molecule has 9 nitrogen and oxygen atoms in total. The molecule has 0 fully saturated rings. The quantitative estimate of drug-likeness (QED) is 0.388. The highest BCUT2D eigenvalue weighted by Gasteiger charge is 2.43. The van der Waals surface area contributed by atoms with Gasteiger partial charge < -0.3 is 5.11 Å². The average molecular weight is 458 g/mol. The van der Waals surface area contributed by atoms with E-state index in [1.165, 1.54) is 0 Å². The predicted molar refractivity (Wildman–Crippen MR) is 127 cm³/mol. The summed E-state index contributed by atoms with van der Waals surface area (Å²) >= 11 is 0. The molecular weight excluding hydrogens is 430 g/mol. The summed E-state index contributed by atoms with van der Waals surface area (Å²) in [6.45, 7) is 4.46. The molecule has 0 aliphatic carbocycles. The number of tetrazole rings is 1. The van der Waals surface area contributed by atoms with Gasteiger partial charge in [0.05, 0.1) is 11.4 Å². The number of carbonyl (C=O) groups is 1. The van der Waals surface area contributed by atoms with Crippen LogP contribution in [0.4, 0.5) is 0 Å². The number of H-pyrrole nitrogens is 1. The lowest BCUT2D eigenvalue weighted by atomic mass is 9.91. The number of unbranched alkanes of at least 4 members (excludes halogenated alkanes) is 1. The van der Waals surface area contributed by atoms with Crippen LogP contribution in [0.2, 0.25) is 0 Å². The van der Waals surface area contributed by atoms with Gasteiger partial charge in [0.15, 0.2) is 11.4 Å². The van der Waals surface area contributed by atoms with Crippen molar-refractivity contribution in [1.82, 2.24) is 35.5 Å². The molecule has 0 spiro atoms. The van der Waals surface area contributed by atoms with Crippen LogP contribution in [0.25, 0.3) is 28.2 Å². The maximum Gasteiger partial charge on any atom is 0.329 e. The van der Waals surface area contributed by atoms with Crippen molar-refractivity contribution in [2.45, 2.75) is 45.1 Å². The number of carboxylic acids is 1. The van der Waals surface area contributed by atoms with Crippen molar-refractivity contribution in [3.05, 3.63) is 65.7 Å². The van der Waals surface area contributed by atoms with Crippen LogP contribution in [0.5, 0.6) is 0 Å². The van der Waals surface area contributed by atoms with Crippen molar-refractivity contribution in [3.8, 4) is 28.2 Å². The van der Waals surface area contributed by atoms with E-state index in [0.29, 0.717) is 18.8 Å². The number of aryl methyl sites for hydroxylation is 1. The number of aromatic nitrogens is 6. The number of benzene rings is 2. The molecule has 1 unspecified atom stereocenters. The van der Waals surface area contributed by atoms with Gasteiger partial charge in [0.1, 0.15) is 5.82 Å². The summed E-state index contributed by atoms with van der Waals surface area (Å²) in [6, 6.07) is 16.1. The molecule has 9 heteroatoms. The molecule has 0 bridgehead atoms. The first-order chi connectivity index (χ1) is 16.5. The van der Waals surface area contributed by atoms with Crippen LogP contribution in [-0.4, -0.2) is 47.8 Å². The van der Waals surface area contributed by atoms with E-state index >= 15 is 0 Å². The van der Waals surface area contributed by atoms with E-state index in [9.17, 15) is 9.90 Å². The summed E-state index contributed by atoms with van der Waals surface area (Å²) < 4.78 is 2.04. The Morgan fingerprint density at radius 1 is 1.15 bits per heavy atom. The van der Waals surface area contributed by atoms with E-state index in [2.05, 4.69) is 32.9 Å². The van der Waals surface area contributed by atoms with E-state index in [0.717, 1.165) is 58.9 Å². The van der Waals surface area contributed by atoms with E-state index in [-0.39, 0.29) is 0 Å². The number of nitrogens with one attached hydrogen (secondary N) is 2. The maximum absolute atomic E-state index is 12.3. The van der Waals surface area contributed by atoms with Crippen LogP contribution < -0.4 is 5.32 Å². The Bertz CT molecular complexity index is 1310. The lowest BCUT2D eigenvalue weighted by Gasteiger charge is -2.32. The van der Waals surface area contributed by atoms with Gasteiger partial charge in [-0.25, -0.2) is 14.9 Å². The topological polar surface area (TPSA) is 122 Å². The second-order valence-electron chi connectivity index (χ2n) is 8.71. The molecule has 174 valence electrons. The highest BCUT2D eigenvalue weighted by molar-refractivity contribution is 5.82. The normalized spacial score (nSPS) is 17.5. The smallest absolute Gasteiger partial charge is 0.329 e. The third-order valence-corrected chi connectivity index (χ3v) is 6.48. The standard InChI is InChI=1S/C25H27N7O2/c1-3-4-9-21-27-20-14-15-26-25(2,24(33)34)22(20)32(21)17-12-10-16(11-13-17)18-7-5-6-8-19(18)23-28-30-31-29-23/h5-8,10-13,26H,3-4,9,14-15H2,1-2H3,(H,33,34)(H,28,29,30,31). The second kappa shape index (κ2) is 8.83. The fourth-order valence-corrected chi connectivity index (χ4v) is 4.68. The van der Waals surface area contributed by atoms with E-state index in [4.69, 9.17) is 4.98 Å². The summed E-state index contributed by atoms with van der Waals surface area (Å²) in [7, 11) is 0. The molecule has 34 heavy (non-hydrogen) atoms. The molecule has 0 amide bonds. The SMILES string of the molecule is CCCCc1nc2c(n1-c1ccc(-c3ccccc3-c3nnn[nH]3)cc1)C(C)(C(=O)O)NCC2. The lowest BCUT2D eigenvalue weighted by Crippen LogP contribution is -2.52. The van der Waals surface area contributed by atoms with Crippen molar-refractivity contribution in [3.63, 3.8) is 0 Å². The number of rotatable bonds is 7. The molecule has 1 aliphatic heterocycles. The highest BCUT2D eigenvalue weighted by Crippen LogP contribution is 2.35. The molecule has 4 aromatic rings. The van der Waals surface area contributed by atoms with Gasteiger partial charge in [-0.15, -0.1) is 5.10 Å². The molecule has 1 atom stereocenters. The average Bonchev–Trinajstić information content (AvgIpc) is 3.52. The molecular formula is C25H27N7O2. The van der Waals surface area contributed by atoms with E-state index in [1.807, 2.05) is 53.1 Å². The van der Waals surface area contributed by atoms with Crippen LogP contribution in [0, 0.1) is 0 Å². The monoisotopic (exact) mass is 457 g/mol. The zero-order valence-electron chi connectivity index (χ0n) is 19.2. The predicted octanol–water partition coefficient (Wildman–Crippen LogP) is 3.51. The number of imidazole rings is 1. The Morgan fingerprint density at radius 3 is 2.59 bits per heavy atom. The van der Waals surface area contributed by atoms with Crippen LogP contribution in [-0.2, 0) is 23.2 Å². The number of aromatic amines is 1. The Labute approximate surface area is 197 Å². The van der Waals surface area contributed by atoms with Gasteiger partial charge in [-0.05, 0) is 47.0 Å².